The number of halogens is 1. The van der Waals surface area contributed by atoms with Crippen molar-refractivity contribution < 1.29 is 14.3 Å². The van der Waals surface area contributed by atoms with Gasteiger partial charge in [-0.1, -0.05) is 35.4 Å². The van der Waals surface area contributed by atoms with Crippen LogP contribution in [0, 0.1) is 13.8 Å². The molecule has 1 amide bonds. The molecule has 0 atom stereocenters. The zero-order chi connectivity index (χ0) is 22.8. The molecule has 32 heavy (non-hydrogen) atoms. The van der Waals surface area contributed by atoms with Crippen LogP contribution < -0.4 is 14.4 Å². The van der Waals surface area contributed by atoms with E-state index in [0.29, 0.717) is 28.1 Å². The van der Waals surface area contributed by atoms with Gasteiger partial charge in [-0.05, 0) is 73.5 Å². The number of anilines is 1. The van der Waals surface area contributed by atoms with Crippen molar-refractivity contribution in [2.45, 2.75) is 13.8 Å². The van der Waals surface area contributed by atoms with Gasteiger partial charge in [0.05, 0.1) is 19.9 Å². The maximum atomic E-state index is 13.5. The second-order valence-corrected chi connectivity index (χ2v) is 7.95. The van der Waals surface area contributed by atoms with E-state index in [1.54, 1.807) is 43.4 Å². The van der Waals surface area contributed by atoms with Crippen LogP contribution >= 0.6 is 11.6 Å². The van der Waals surface area contributed by atoms with Crippen molar-refractivity contribution in [2.75, 3.05) is 19.1 Å². The summed E-state index contributed by atoms with van der Waals surface area (Å²) in [6.45, 7) is 4.02. The minimum atomic E-state index is -0.198. The molecule has 6 heteroatoms. The van der Waals surface area contributed by atoms with Crippen LogP contribution in [0.4, 0.5) is 5.69 Å². The minimum absolute atomic E-state index is 0.198. The molecule has 0 saturated heterocycles. The van der Waals surface area contributed by atoms with Gasteiger partial charge in [-0.3, -0.25) is 9.69 Å². The molecule has 0 spiro atoms. The van der Waals surface area contributed by atoms with E-state index in [-0.39, 0.29) is 5.91 Å². The van der Waals surface area contributed by atoms with Crippen molar-refractivity contribution >= 4 is 35.1 Å². The van der Waals surface area contributed by atoms with Crippen LogP contribution in [0.1, 0.15) is 22.3 Å². The van der Waals surface area contributed by atoms with Gasteiger partial charge in [-0.2, -0.15) is 0 Å². The zero-order valence-corrected chi connectivity index (χ0v) is 19.1. The highest BCUT2D eigenvalue weighted by molar-refractivity contribution is 6.34. The summed E-state index contributed by atoms with van der Waals surface area (Å²) in [7, 11) is 3.16. The number of benzene rings is 3. The molecule has 1 heterocycles. The minimum Gasteiger partial charge on any atom is -0.493 e. The first kappa shape index (κ1) is 21.7. The van der Waals surface area contributed by atoms with Crippen molar-refractivity contribution in [3.05, 3.63) is 93.6 Å². The highest BCUT2D eigenvalue weighted by Crippen LogP contribution is 2.33. The summed E-state index contributed by atoms with van der Waals surface area (Å²) in [4.78, 5) is 19.9. The van der Waals surface area contributed by atoms with Gasteiger partial charge in [0.1, 0.15) is 11.5 Å². The molecule has 0 aliphatic carbocycles. The van der Waals surface area contributed by atoms with Gasteiger partial charge < -0.3 is 9.47 Å². The molecule has 0 fully saturated rings. The van der Waals surface area contributed by atoms with Gasteiger partial charge in [0.2, 0.25) is 0 Å². The van der Waals surface area contributed by atoms with Crippen molar-refractivity contribution in [3.63, 3.8) is 0 Å². The Morgan fingerprint density at radius 2 is 1.62 bits per heavy atom. The van der Waals surface area contributed by atoms with E-state index in [0.717, 1.165) is 27.9 Å². The Morgan fingerprint density at radius 1 is 0.906 bits per heavy atom. The Bertz CT molecular complexity index is 1250. The molecule has 3 aromatic carbocycles. The number of amidine groups is 1. The van der Waals surface area contributed by atoms with E-state index in [1.807, 2.05) is 50.2 Å². The standard InChI is InChI=1S/C26H23ClN2O3/c1-16-5-11-22(17(2)13-16)29-25(19-7-9-20(27)10-8-19)28-21(26(29)30)14-18-6-12-23(31-3)24(15-18)32-4/h5-15H,1-4H3/b21-14-. The summed E-state index contributed by atoms with van der Waals surface area (Å²) < 4.78 is 10.7. The van der Waals surface area contributed by atoms with E-state index in [2.05, 4.69) is 6.07 Å². The van der Waals surface area contributed by atoms with E-state index < -0.39 is 0 Å². The average molecular weight is 447 g/mol. The third-order valence-electron chi connectivity index (χ3n) is 5.27. The van der Waals surface area contributed by atoms with Crippen molar-refractivity contribution in [3.8, 4) is 11.5 Å². The maximum absolute atomic E-state index is 13.5. The smallest absolute Gasteiger partial charge is 0.282 e. The van der Waals surface area contributed by atoms with Gasteiger partial charge in [-0.15, -0.1) is 0 Å². The monoisotopic (exact) mass is 446 g/mol. The number of rotatable bonds is 5. The fraction of sp³-hybridized carbons (Fsp3) is 0.154. The summed E-state index contributed by atoms with van der Waals surface area (Å²) in [5.74, 6) is 1.57. The molecule has 0 radical (unpaired) electrons. The first-order valence-corrected chi connectivity index (χ1v) is 10.5. The lowest BCUT2D eigenvalue weighted by molar-refractivity contribution is -0.113. The average Bonchev–Trinajstić information content (AvgIpc) is 3.10. The summed E-state index contributed by atoms with van der Waals surface area (Å²) in [5.41, 5.74) is 4.84. The van der Waals surface area contributed by atoms with Gasteiger partial charge in [-0.25, -0.2) is 4.99 Å². The molecule has 1 aliphatic heterocycles. The highest BCUT2D eigenvalue weighted by atomic mass is 35.5. The van der Waals surface area contributed by atoms with E-state index in [9.17, 15) is 4.79 Å². The Labute approximate surface area is 192 Å². The number of ether oxygens (including phenoxy) is 2. The Balaban J connectivity index is 1.83. The molecule has 0 bridgehead atoms. The molecule has 0 unspecified atom stereocenters. The van der Waals surface area contributed by atoms with E-state index in [4.69, 9.17) is 26.1 Å². The van der Waals surface area contributed by atoms with Gasteiger partial charge in [0, 0.05) is 10.6 Å². The molecule has 0 saturated carbocycles. The number of aliphatic imine (C=N–C) groups is 1. The first-order valence-electron chi connectivity index (χ1n) is 10.1. The predicted molar refractivity (Wildman–Crippen MR) is 129 cm³/mol. The summed E-state index contributed by atoms with van der Waals surface area (Å²) in [6.07, 6.45) is 1.75. The van der Waals surface area contributed by atoms with Crippen molar-refractivity contribution in [1.29, 1.82) is 0 Å². The second kappa shape index (κ2) is 8.89. The molecular formula is C26H23ClN2O3. The topological polar surface area (TPSA) is 51.1 Å². The Morgan fingerprint density at radius 3 is 2.28 bits per heavy atom. The lowest BCUT2D eigenvalue weighted by Crippen LogP contribution is -2.33. The maximum Gasteiger partial charge on any atom is 0.282 e. The van der Waals surface area contributed by atoms with Crippen LogP contribution in [0.15, 0.2) is 71.4 Å². The Hall–Kier alpha value is -3.57. The number of nitrogens with zero attached hydrogens (tertiary/aromatic N) is 2. The molecule has 162 valence electrons. The number of carbonyl (C=O) groups is 1. The molecule has 3 aromatic rings. The largest absolute Gasteiger partial charge is 0.493 e. The number of hydrogen-bond acceptors (Lipinski definition) is 4. The van der Waals surface area contributed by atoms with Gasteiger partial charge in [0.25, 0.3) is 5.91 Å². The number of aryl methyl sites for hydroxylation is 2. The first-order chi connectivity index (χ1) is 15.4. The SMILES string of the molecule is COc1ccc(/C=C2\N=C(c3ccc(Cl)cc3)N(c3ccc(C)cc3C)C2=O)cc1OC. The second-order valence-electron chi connectivity index (χ2n) is 7.52. The van der Waals surface area contributed by atoms with Crippen LogP contribution in [0.3, 0.4) is 0 Å². The number of hydrogen-bond donors (Lipinski definition) is 0. The van der Waals surface area contributed by atoms with Crippen LogP contribution in [0.5, 0.6) is 11.5 Å². The summed E-state index contributed by atoms with van der Waals surface area (Å²) >= 11 is 6.08. The third kappa shape index (κ3) is 4.12. The van der Waals surface area contributed by atoms with Crippen LogP contribution in [-0.2, 0) is 4.79 Å². The third-order valence-corrected chi connectivity index (χ3v) is 5.52. The van der Waals surface area contributed by atoms with Crippen LogP contribution in [0.2, 0.25) is 5.02 Å². The summed E-state index contributed by atoms with van der Waals surface area (Å²) in [5, 5.41) is 0.623. The number of amides is 1. The molecule has 1 aliphatic rings. The normalized spacial score (nSPS) is 14.7. The molecule has 5 nitrogen and oxygen atoms in total. The van der Waals surface area contributed by atoms with Gasteiger partial charge in [0.15, 0.2) is 11.5 Å². The molecule has 0 aromatic heterocycles. The molecule has 0 N–H and O–H groups in total. The van der Waals surface area contributed by atoms with E-state index in [1.165, 1.54) is 0 Å². The fourth-order valence-corrected chi connectivity index (χ4v) is 3.82. The van der Waals surface area contributed by atoms with Crippen molar-refractivity contribution in [2.24, 2.45) is 4.99 Å². The molecular weight excluding hydrogens is 424 g/mol. The van der Waals surface area contributed by atoms with Crippen LogP contribution in [-0.4, -0.2) is 26.0 Å². The Kier molecular flexibility index (Phi) is 6.01. The van der Waals surface area contributed by atoms with Gasteiger partial charge >= 0.3 is 0 Å². The van der Waals surface area contributed by atoms with Crippen LogP contribution in [0.25, 0.3) is 6.08 Å². The fourth-order valence-electron chi connectivity index (χ4n) is 3.69. The van der Waals surface area contributed by atoms with Crippen molar-refractivity contribution in [1.82, 2.24) is 0 Å². The summed E-state index contributed by atoms with van der Waals surface area (Å²) in [6, 6.07) is 18.8. The lowest BCUT2D eigenvalue weighted by Gasteiger charge is -2.21. The van der Waals surface area contributed by atoms with E-state index >= 15 is 0 Å². The number of methoxy groups -OCH3 is 2. The lowest BCUT2D eigenvalue weighted by atomic mass is 10.1. The molecule has 4 rings (SSSR count). The number of carbonyl (C=O) groups excluding carboxylic acids is 1. The zero-order valence-electron chi connectivity index (χ0n) is 18.3. The quantitative estimate of drug-likeness (QED) is 0.465. The predicted octanol–water partition coefficient (Wildman–Crippen LogP) is 5.81. The highest BCUT2D eigenvalue weighted by Gasteiger charge is 2.33.